The summed E-state index contributed by atoms with van der Waals surface area (Å²) in [6.07, 6.45) is 0.171. The molecular formula is C18H19BrN2O2. The Morgan fingerprint density at radius 1 is 1.13 bits per heavy atom. The van der Waals surface area contributed by atoms with Crippen LogP contribution < -0.4 is 10.6 Å². The Morgan fingerprint density at radius 3 is 2.43 bits per heavy atom. The van der Waals surface area contributed by atoms with Crippen LogP contribution in [0.15, 0.2) is 53.0 Å². The van der Waals surface area contributed by atoms with Crippen molar-refractivity contribution < 1.29 is 9.59 Å². The van der Waals surface area contributed by atoms with E-state index in [2.05, 4.69) is 26.6 Å². The molecule has 0 heterocycles. The van der Waals surface area contributed by atoms with Gasteiger partial charge in [0.15, 0.2) is 0 Å². The fourth-order valence-electron chi connectivity index (χ4n) is 2.29. The lowest BCUT2D eigenvalue weighted by Crippen LogP contribution is -2.29. The predicted octanol–water partition coefficient (Wildman–Crippen LogP) is 3.96. The van der Waals surface area contributed by atoms with Gasteiger partial charge in [-0.25, -0.2) is 0 Å². The van der Waals surface area contributed by atoms with Crippen molar-refractivity contribution in [2.45, 2.75) is 26.3 Å². The topological polar surface area (TPSA) is 58.2 Å². The normalized spacial score (nSPS) is 11.6. The zero-order chi connectivity index (χ0) is 16.8. The Balaban J connectivity index is 2.09. The smallest absolute Gasteiger partial charge is 0.226 e. The number of carbonyl (C=O) groups is 2. The highest BCUT2D eigenvalue weighted by Gasteiger charge is 2.17. The Bertz CT molecular complexity index is 701. The number of hydrogen-bond donors (Lipinski definition) is 2. The molecule has 0 radical (unpaired) electrons. The molecular weight excluding hydrogens is 356 g/mol. The van der Waals surface area contributed by atoms with Gasteiger partial charge in [0.2, 0.25) is 11.8 Å². The van der Waals surface area contributed by atoms with Crippen molar-refractivity contribution in [2.75, 3.05) is 5.32 Å². The van der Waals surface area contributed by atoms with Crippen LogP contribution in [0.25, 0.3) is 0 Å². The summed E-state index contributed by atoms with van der Waals surface area (Å²) >= 11 is 3.44. The van der Waals surface area contributed by atoms with E-state index in [0.29, 0.717) is 0 Å². The number of rotatable bonds is 5. The number of hydrogen-bond acceptors (Lipinski definition) is 2. The SMILES string of the molecule is CC(=O)NC(CC(=O)Nc1ccc(C)cc1Br)c1ccccc1. The molecule has 1 unspecified atom stereocenters. The van der Waals surface area contributed by atoms with Crippen LogP contribution in [0.2, 0.25) is 0 Å². The molecule has 4 nitrogen and oxygen atoms in total. The van der Waals surface area contributed by atoms with Crippen molar-refractivity contribution in [3.05, 3.63) is 64.1 Å². The molecule has 0 aromatic heterocycles. The number of benzene rings is 2. The first kappa shape index (κ1) is 17.2. The maximum atomic E-state index is 12.3. The number of aryl methyl sites for hydroxylation is 1. The summed E-state index contributed by atoms with van der Waals surface area (Å²) in [5.74, 6) is -0.319. The monoisotopic (exact) mass is 374 g/mol. The van der Waals surface area contributed by atoms with Gasteiger partial charge in [0, 0.05) is 11.4 Å². The molecule has 2 N–H and O–H groups in total. The van der Waals surface area contributed by atoms with Gasteiger partial charge in [0.25, 0.3) is 0 Å². The van der Waals surface area contributed by atoms with E-state index < -0.39 is 0 Å². The molecule has 0 aliphatic heterocycles. The van der Waals surface area contributed by atoms with Gasteiger partial charge in [-0.1, -0.05) is 36.4 Å². The third-order valence-electron chi connectivity index (χ3n) is 3.37. The molecule has 0 aliphatic carbocycles. The van der Waals surface area contributed by atoms with E-state index in [-0.39, 0.29) is 24.3 Å². The lowest BCUT2D eigenvalue weighted by Gasteiger charge is -2.18. The highest BCUT2D eigenvalue weighted by molar-refractivity contribution is 9.10. The van der Waals surface area contributed by atoms with Crippen LogP contribution in [0.4, 0.5) is 5.69 Å². The van der Waals surface area contributed by atoms with Crippen molar-refractivity contribution in [3.63, 3.8) is 0 Å². The third-order valence-corrected chi connectivity index (χ3v) is 4.02. The van der Waals surface area contributed by atoms with Crippen molar-refractivity contribution in [2.24, 2.45) is 0 Å². The minimum absolute atomic E-state index is 0.155. The van der Waals surface area contributed by atoms with E-state index >= 15 is 0 Å². The van der Waals surface area contributed by atoms with Gasteiger partial charge in [-0.2, -0.15) is 0 Å². The van der Waals surface area contributed by atoms with Gasteiger partial charge in [-0.05, 0) is 46.1 Å². The summed E-state index contributed by atoms with van der Waals surface area (Å²) in [6.45, 7) is 3.43. The van der Waals surface area contributed by atoms with Gasteiger partial charge < -0.3 is 10.6 Å². The maximum absolute atomic E-state index is 12.3. The summed E-state index contributed by atoms with van der Waals surface area (Å²) in [5, 5.41) is 5.70. The van der Waals surface area contributed by atoms with Crippen LogP contribution in [0, 0.1) is 6.92 Å². The van der Waals surface area contributed by atoms with Crippen molar-refractivity contribution in [1.82, 2.24) is 5.32 Å². The predicted molar refractivity (Wildman–Crippen MR) is 95.1 cm³/mol. The van der Waals surface area contributed by atoms with E-state index in [0.717, 1.165) is 21.3 Å². The summed E-state index contributed by atoms with van der Waals surface area (Å²) in [5.41, 5.74) is 2.73. The maximum Gasteiger partial charge on any atom is 0.226 e. The molecule has 0 saturated heterocycles. The summed E-state index contributed by atoms with van der Waals surface area (Å²) in [4.78, 5) is 23.7. The van der Waals surface area contributed by atoms with Crippen LogP contribution >= 0.6 is 15.9 Å². The second-order valence-electron chi connectivity index (χ2n) is 5.40. The first-order valence-corrected chi connectivity index (χ1v) is 8.13. The van der Waals surface area contributed by atoms with Crippen LogP contribution in [0.1, 0.15) is 30.5 Å². The largest absolute Gasteiger partial charge is 0.349 e. The van der Waals surface area contributed by atoms with E-state index in [1.807, 2.05) is 55.5 Å². The summed E-state index contributed by atoms with van der Waals surface area (Å²) in [7, 11) is 0. The molecule has 0 saturated carbocycles. The Hall–Kier alpha value is -2.14. The molecule has 0 fully saturated rings. The lowest BCUT2D eigenvalue weighted by atomic mass is 10.0. The average Bonchev–Trinajstić information content (AvgIpc) is 2.50. The molecule has 2 rings (SSSR count). The first-order valence-electron chi connectivity index (χ1n) is 7.34. The van der Waals surface area contributed by atoms with Gasteiger partial charge in [-0.3, -0.25) is 9.59 Å². The average molecular weight is 375 g/mol. The molecule has 2 aromatic carbocycles. The molecule has 2 amide bonds. The summed E-state index contributed by atoms with van der Waals surface area (Å²) < 4.78 is 0.835. The first-order chi connectivity index (χ1) is 11.0. The van der Waals surface area contributed by atoms with E-state index in [9.17, 15) is 9.59 Å². The number of anilines is 1. The number of amides is 2. The molecule has 23 heavy (non-hydrogen) atoms. The molecule has 0 bridgehead atoms. The quantitative estimate of drug-likeness (QED) is 0.831. The van der Waals surface area contributed by atoms with Crippen LogP contribution in [-0.2, 0) is 9.59 Å². The zero-order valence-corrected chi connectivity index (χ0v) is 14.7. The number of nitrogens with one attached hydrogen (secondary N) is 2. The fourth-order valence-corrected chi connectivity index (χ4v) is 2.88. The Morgan fingerprint density at radius 2 is 1.83 bits per heavy atom. The minimum atomic E-state index is -0.349. The van der Waals surface area contributed by atoms with E-state index in [1.54, 1.807) is 0 Å². The van der Waals surface area contributed by atoms with Crippen molar-refractivity contribution in [1.29, 1.82) is 0 Å². The third kappa shape index (κ3) is 5.21. The highest BCUT2D eigenvalue weighted by atomic mass is 79.9. The lowest BCUT2D eigenvalue weighted by molar-refractivity contribution is -0.120. The molecule has 0 aliphatic rings. The Labute approximate surface area is 144 Å². The minimum Gasteiger partial charge on any atom is -0.349 e. The van der Waals surface area contributed by atoms with Gasteiger partial charge in [-0.15, -0.1) is 0 Å². The van der Waals surface area contributed by atoms with Crippen molar-refractivity contribution >= 4 is 33.4 Å². The van der Waals surface area contributed by atoms with Gasteiger partial charge in [0.1, 0.15) is 0 Å². The molecule has 0 spiro atoms. The molecule has 2 aromatic rings. The molecule has 120 valence electrons. The van der Waals surface area contributed by atoms with Crippen LogP contribution in [0.5, 0.6) is 0 Å². The van der Waals surface area contributed by atoms with Crippen molar-refractivity contribution in [3.8, 4) is 0 Å². The molecule has 1 atom stereocenters. The highest BCUT2D eigenvalue weighted by Crippen LogP contribution is 2.24. The van der Waals surface area contributed by atoms with E-state index in [4.69, 9.17) is 0 Å². The summed E-state index contributed by atoms with van der Waals surface area (Å²) in [6, 6.07) is 14.9. The van der Waals surface area contributed by atoms with Crippen LogP contribution in [-0.4, -0.2) is 11.8 Å². The van der Waals surface area contributed by atoms with Crippen LogP contribution in [0.3, 0.4) is 0 Å². The zero-order valence-electron chi connectivity index (χ0n) is 13.1. The number of carbonyl (C=O) groups excluding carboxylic acids is 2. The second-order valence-corrected chi connectivity index (χ2v) is 6.25. The standard InChI is InChI=1S/C18H19BrN2O2/c1-12-8-9-16(15(19)10-12)21-18(23)11-17(20-13(2)22)14-6-4-3-5-7-14/h3-10,17H,11H2,1-2H3,(H,20,22)(H,21,23). The Kier molecular flexibility index (Phi) is 5.93. The van der Waals surface area contributed by atoms with E-state index in [1.165, 1.54) is 6.92 Å². The van der Waals surface area contributed by atoms with Gasteiger partial charge >= 0.3 is 0 Å². The fraction of sp³-hybridized carbons (Fsp3) is 0.222. The van der Waals surface area contributed by atoms with Gasteiger partial charge in [0.05, 0.1) is 18.2 Å². The molecule has 5 heteroatoms. The second kappa shape index (κ2) is 7.92. The number of halogens is 1.